The van der Waals surface area contributed by atoms with Crippen molar-refractivity contribution in [2.75, 3.05) is 0 Å². The highest BCUT2D eigenvalue weighted by Crippen LogP contribution is 2.24. The third-order valence-corrected chi connectivity index (χ3v) is 4.06. The van der Waals surface area contributed by atoms with E-state index in [4.69, 9.17) is 4.52 Å². The molecule has 0 saturated heterocycles. The molecule has 1 aromatic carbocycles. The molecule has 1 unspecified atom stereocenters. The van der Waals surface area contributed by atoms with Gasteiger partial charge in [0.25, 0.3) is 11.6 Å². The van der Waals surface area contributed by atoms with Crippen molar-refractivity contribution in [3.05, 3.63) is 58.9 Å². The van der Waals surface area contributed by atoms with Gasteiger partial charge in [-0.15, -0.1) is 0 Å². The van der Waals surface area contributed by atoms with Crippen molar-refractivity contribution in [3.63, 3.8) is 0 Å². The summed E-state index contributed by atoms with van der Waals surface area (Å²) >= 11 is 0. The lowest BCUT2D eigenvalue weighted by Gasteiger charge is -2.15. The minimum atomic E-state index is -0.158. The van der Waals surface area contributed by atoms with Crippen molar-refractivity contribution in [1.82, 2.24) is 15.5 Å². The molecule has 0 aliphatic carbocycles. The molecule has 0 aliphatic rings. The minimum absolute atomic E-state index is 0.0832. The van der Waals surface area contributed by atoms with E-state index in [1.807, 2.05) is 45.9 Å². The zero-order valence-electron chi connectivity index (χ0n) is 14.3. The number of fused-ring (bicyclic) bond motifs is 1. The number of nitrogens with zero attached hydrogens (tertiary/aromatic N) is 2. The van der Waals surface area contributed by atoms with Crippen LogP contribution in [-0.4, -0.2) is 16.0 Å². The van der Waals surface area contributed by atoms with Gasteiger partial charge < -0.3 is 9.84 Å². The Hall–Kier alpha value is -2.69. The number of nitrogens with one attached hydrogen (secondary N) is 1. The molecule has 1 amide bonds. The predicted octanol–water partition coefficient (Wildman–Crippen LogP) is 4.15. The number of carbonyl (C=O) groups is 1. The second kappa shape index (κ2) is 6.43. The van der Waals surface area contributed by atoms with Crippen LogP contribution in [0, 0.1) is 6.92 Å². The van der Waals surface area contributed by atoms with E-state index in [1.54, 1.807) is 6.07 Å². The molecule has 0 aliphatic heterocycles. The molecule has 5 heteroatoms. The molecule has 124 valence electrons. The Morgan fingerprint density at radius 3 is 2.71 bits per heavy atom. The molecule has 0 saturated carbocycles. The number of rotatable bonds is 4. The van der Waals surface area contributed by atoms with Crippen LogP contribution in [0.3, 0.4) is 0 Å². The fraction of sp³-hybridized carbons (Fsp3) is 0.316. The fourth-order valence-corrected chi connectivity index (χ4v) is 2.69. The summed E-state index contributed by atoms with van der Waals surface area (Å²) in [5, 5.41) is 7.85. The zero-order valence-corrected chi connectivity index (χ0v) is 14.3. The number of amides is 1. The topological polar surface area (TPSA) is 68.0 Å². The van der Waals surface area contributed by atoms with Crippen molar-refractivity contribution in [2.45, 2.75) is 39.7 Å². The second-order valence-electron chi connectivity index (χ2n) is 6.41. The maximum atomic E-state index is 12.6. The van der Waals surface area contributed by atoms with Crippen molar-refractivity contribution < 1.29 is 9.32 Å². The van der Waals surface area contributed by atoms with Crippen molar-refractivity contribution in [3.8, 4) is 0 Å². The van der Waals surface area contributed by atoms with E-state index in [0.29, 0.717) is 11.3 Å². The highest BCUT2D eigenvalue weighted by Gasteiger charge is 2.17. The lowest BCUT2D eigenvalue weighted by molar-refractivity contribution is 0.0939. The standard InChI is InChI=1S/C19H21N3O2/c1-11(2)17-16-9-15(10-20-19(16)24-22-17)18(23)21-13(4)14-7-5-6-12(3)8-14/h5-11,13H,1-4H3,(H,21,23). The first kappa shape index (κ1) is 16.2. The molecular formula is C19H21N3O2. The van der Waals surface area contributed by atoms with Crippen LogP contribution in [0.2, 0.25) is 0 Å². The van der Waals surface area contributed by atoms with Gasteiger partial charge in [-0.05, 0) is 31.4 Å². The van der Waals surface area contributed by atoms with Crippen molar-refractivity contribution >= 4 is 17.0 Å². The average Bonchev–Trinajstić information content (AvgIpc) is 2.98. The summed E-state index contributed by atoms with van der Waals surface area (Å²) in [5.74, 6) is 0.0480. The van der Waals surface area contributed by atoms with Gasteiger partial charge in [-0.25, -0.2) is 4.98 Å². The van der Waals surface area contributed by atoms with Gasteiger partial charge in [-0.1, -0.05) is 48.8 Å². The molecule has 1 N–H and O–H groups in total. The van der Waals surface area contributed by atoms with Crippen LogP contribution in [0.1, 0.15) is 59.9 Å². The second-order valence-corrected chi connectivity index (χ2v) is 6.41. The predicted molar refractivity (Wildman–Crippen MR) is 93.0 cm³/mol. The summed E-state index contributed by atoms with van der Waals surface area (Å²) in [5.41, 5.74) is 4.03. The highest BCUT2D eigenvalue weighted by atomic mass is 16.5. The molecule has 3 aromatic rings. The summed E-state index contributed by atoms with van der Waals surface area (Å²) in [6, 6.07) is 9.83. The zero-order chi connectivity index (χ0) is 17.3. The van der Waals surface area contributed by atoms with Crippen molar-refractivity contribution in [2.24, 2.45) is 0 Å². The molecule has 2 heterocycles. The van der Waals surface area contributed by atoms with Crippen LogP contribution < -0.4 is 5.32 Å². The number of hydrogen-bond donors (Lipinski definition) is 1. The number of benzene rings is 1. The monoisotopic (exact) mass is 323 g/mol. The summed E-state index contributed by atoms with van der Waals surface area (Å²) in [4.78, 5) is 16.8. The quantitative estimate of drug-likeness (QED) is 0.783. The van der Waals surface area contributed by atoms with E-state index < -0.39 is 0 Å². The highest BCUT2D eigenvalue weighted by molar-refractivity contribution is 5.97. The van der Waals surface area contributed by atoms with Crippen LogP contribution in [-0.2, 0) is 0 Å². The van der Waals surface area contributed by atoms with E-state index in [2.05, 4.69) is 21.5 Å². The Labute approximate surface area is 141 Å². The third kappa shape index (κ3) is 3.15. The molecule has 3 rings (SSSR count). The Morgan fingerprint density at radius 1 is 1.21 bits per heavy atom. The molecule has 0 bridgehead atoms. The lowest BCUT2D eigenvalue weighted by Crippen LogP contribution is -2.26. The summed E-state index contributed by atoms with van der Waals surface area (Å²) in [6.45, 7) is 8.07. The lowest BCUT2D eigenvalue weighted by atomic mass is 10.0. The van der Waals surface area contributed by atoms with Crippen LogP contribution in [0.25, 0.3) is 11.1 Å². The van der Waals surface area contributed by atoms with Gasteiger partial charge in [0.1, 0.15) is 0 Å². The van der Waals surface area contributed by atoms with E-state index in [1.165, 1.54) is 11.8 Å². The molecule has 24 heavy (non-hydrogen) atoms. The van der Waals surface area contributed by atoms with Gasteiger partial charge in [0, 0.05) is 6.20 Å². The number of hydrogen-bond acceptors (Lipinski definition) is 4. The molecule has 1 atom stereocenters. The molecule has 0 radical (unpaired) electrons. The first-order valence-electron chi connectivity index (χ1n) is 8.08. The molecule has 5 nitrogen and oxygen atoms in total. The van der Waals surface area contributed by atoms with Crippen molar-refractivity contribution in [1.29, 1.82) is 0 Å². The minimum Gasteiger partial charge on any atom is -0.345 e. The van der Waals surface area contributed by atoms with Crippen LogP contribution >= 0.6 is 0 Å². The third-order valence-electron chi connectivity index (χ3n) is 4.06. The van der Waals surface area contributed by atoms with E-state index in [9.17, 15) is 4.79 Å². The molecular weight excluding hydrogens is 302 g/mol. The number of pyridine rings is 1. The smallest absolute Gasteiger partial charge is 0.257 e. The molecule has 0 fully saturated rings. The van der Waals surface area contributed by atoms with Gasteiger partial charge >= 0.3 is 0 Å². The van der Waals surface area contributed by atoms with E-state index in [-0.39, 0.29) is 17.9 Å². The Bertz CT molecular complexity index is 883. The largest absolute Gasteiger partial charge is 0.345 e. The Morgan fingerprint density at radius 2 is 2.00 bits per heavy atom. The van der Waals surface area contributed by atoms with Crippen LogP contribution in [0.4, 0.5) is 0 Å². The first-order valence-corrected chi connectivity index (χ1v) is 8.08. The van der Waals surface area contributed by atoms with Gasteiger partial charge in [-0.2, -0.15) is 0 Å². The van der Waals surface area contributed by atoms with E-state index >= 15 is 0 Å². The summed E-state index contributed by atoms with van der Waals surface area (Å²) < 4.78 is 5.22. The maximum Gasteiger partial charge on any atom is 0.257 e. The average molecular weight is 323 g/mol. The van der Waals surface area contributed by atoms with E-state index in [0.717, 1.165) is 16.6 Å². The SMILES string of the molecule is Cc1cccc(C(C)NC(=O)c2cnc3onc(C(C)C)c3c2)c1. The van der Waals surface area contributed by atoms with Gasteiger partial charge in [0.2, 0.25) is 0 Å². The van der Waals surface area contributed by atoms with Gasteiger partial charge in [0.15, 0.2) is 0 Å². The molecule has 2 aromatic heterocycles. The fourth-order valence-electron chi connectivity index (χ4n) is 2.69. The van der Waals surface area contributed by atoms with Crippen LogP contribution in [0.5, 0.6) is 0 Å². The molecule has 0 spiro atoms. The Balaban J connectivity index is 1.84. The summed E-state index contributed by atoms with van der Waals surface area (Å²) in [7, 11) is 0. The maximum absolute atomic E-state index is 12.6. The van der Waals surface area contributed by atoms with Crippen LogP contribution in [0.15, 0.2) is 41.1 Å². The summed E-state index contributed by atoms with van der Waals surface area (Å²) in [6.07, 6.45) is 1.52. The van der Waals surface area contributed by atoms with Gasteiger partial charge in [-0.3, -0.25) is 4.79 Å². The number of carbonyl (C=O) groups excluding carboxylic acids is 1. The van der Waals surface area contributed by atoms with Gasteiger partial charge in [0.05, 0.1) is 22.7 Å². The first-order chi connectivity index (χ1) is 11.5. The number of aryl methyl sites for hydroxylation is 1. The number of aromatic nitrogens is 2. The normalized spacial score (nSPS) is 12.5. The Kier molecular flexibility index (Phi) is 4.34.